The molecule has 1 saturated heterocycles. The summed E-state index contributed by atoms with van der Waals surface area (Å²) in [5.74, 6) is 0. The second-order valence-corrected chi connectivity index (χ2v) is 3.28. The number of rotatable bonds is 2. The zero-order valence-corrected chi connectivity index (χ0v) is 7.58. The van der Waals surface area contributed by atoms with Crippen molar-refractivity contribution in [1.82, 2.24) is 9.80 Å². The molecular weight excluding hydrogens is 176 g/mol. The van der Waals surface area contributed by atoms with Crippen LogP contribution in [-0.4, -0.2) is 55.5 Å². The third-order valence-electron chi connectivity index (χ3n) is 2.28. The van der Waals surface area contributed by atoms with Gasteiger partial charge in [0.2, 0.25) is 0 Å². The molecular formula is C8H13F2N3. The molecule has 0 aromatic carbocycles. The summed E-state index contributed by atoms with van der Waals surface area (Å²) in [6, 6.07) is 1.85. The largest absolute Gasteiger partial charge is 0.294 e. The quantitative estimate of drug-likeness (QED) is 0.629. The SMILES string of the molecule is CN1CCN(CC(F)F)CC1C#N. The van der Waals surface area contributed by atoms with Crippen LogP contribution in [0.5, 0.6) is 0 Å². The molecule has 5 heteroatoms. The Morgan fingerprint density at radius 2 is 2.23 bits per heavy atom. The Kier molecular flexibility index (Phi) is 3.58. The van der Waals surface area contributed by atoms with Gasteiger partial charge in [-0.05, 0) is 7.05 Å². The Balaban J connectivity index is 2.41. The molecule has 0 radical (unpaired) electrons. The lowest BCUT2D eigenvalue weighted by Crippen LogP contribution is -2.51. The molecule has 0 aromatic heterocycles. The van der Waals surface area contributed by atoms with Crippen LogP contribution in [0.2, 0.25) is 0 Å². The number of nitriles is 1. The Hall–Kier alpha value is -0.730. The standard InChI is InChI=1S/C8H13F2N3/c1-12-2-3-13(6-8(9)10)5-7(12)4-11/h7-8H,2-3,5-6H2,1H3. The van der Waals surface area contributed by atoms with Gasteiger partial charge in [-0.15, -0.1) is 0 Å². The molecule has 74 valence electrons. The van der Waals surface area contributed by atoms with E-state index in [1.807, 2.05) is 11.9 Å². The predicted octanol–water partition coefficient (Wildman–Crippen LogP) is 0.391. The number of hydrogen-bond acceptors (Lipinski definition) is 3. The molecule has 1 aliphatic heterocycles. The van der Waals surface area contributed by atoms with Crippen molar-refractivity contribution in [1.29, 1.82) is 5.26 Å². The summed E-state index contributed by atoms with van der Waals surface area (Å²) in [6.45, 7) is 1.52. The van der Waals surface area contributed by atoms with Gasteiger partial charge in [-0.25, -0.2) is 8.78 Å². The predicted molar refractivity (Wildman–Crippen MR) is 44.5 cm³/mol. The molecule has 1 rings (SSSR count). The Bertz CT molecular complexity index is 202. The first-order valence-electron chi connectivity index (χ1n) is 4.24. The molecule has 0 saturated carbocycles. The Morgan fingerprint density at radius 3 is 2.77 bits per heavy atom. The van der Waals surface area contributed by atoms with E-state index in [2.05, 4.69) is 6.07 Å². The van der Waals surface area contributed by atoms with Crippen LogP contribution < -0.4 is 0 Å². The van der Waals surface area contributed by atoms with Crippen molar-refractivity contribution in [3.05, 3.63) is 0 Å². The van der Waals surface area contributed by atoms with Gasteiger partial charge >= 0.3 is 0 Å². The van der Waals surface area contributed by atoms with Crippen LogP contribution in [0.4, 0.5) is 8.78 Å². The van der Waals surface area contributed by atoms with E-state index >= 15 is 0 Å². The molecule has 0 aliphatic carbocycles. The van der Waals surface area contributed by atoms with E-state index in [4.69, 9.17) is 5.26 Å². The van der Waals surface area contributed by atoms with E-state index in [0.717, 1.165) is 0 Å². The fourth-order valence-corrected chi connectivity index (χ4v) is 1.43. The second-order valence-electron chi connectivity index (χ2n) is 3.28. The van der Waals surface area contributed by atoms with Gasteiger partial charge in [0.05, 0.1) is 12.6 Å². The van der Waals surface area contributed by atoms with Crippen LogP contribution in [0.25, 0.3) is 0 Å². The molecule has 13 heavy (non-hydrogen) atoms. The number of halogens is 2. The molecule has 1 aliphatic rings. The van der Waals surface area contributed by atoms with Crippen LogP contribution in [0.15, 0.2) is 0 Å². The molecule has 3 nitrogen and oxygen atoms in total. The lowest BCUT2D eigenvalue weighted by atomic mass is 10.2. The summed E-state index contributed by atoms with van der Waals surface area (Å²) in [7, 11) is 1.84. The van der Waals surface area contributed by atoms with Crippen LogP contribution in [0.3, 0.4) is 0 Å². The van der Waals surface area contributed by atoms with Crippen LogP contribution in [0, 0.1) is 11.3 Å². The summed E-state index contributed by atoms with van der Waals surface area (Å²) in [6.07, 6.45) is -2.30. The first-order valence-corrected chi connectivity index (χ1v) is 4.24. The number of alkyl halides is 2. The van der Waals surface area contributed by atoms with Crippen LogP contribution >= 0.6 is 0 Å². The highest BCUT2D eigenvalue weighted by Crippen LogP contribution is 2.08. The topological polar surface area (TPSA) is 30.3 Å². The minimum atomic E-state index is -2.30. The average molecular weight is 189 g/mol. The van der Waals surface area contributed by atoms with E-state index in [-0.39, 0.29) is 12.6 Å². The third kappa shape index (κ3) is 2.90. The fourth-order valence-electron chi connectivity index (χ4n) is 1.43. The van der Waals surface area contributed by atoms with Crippen molar-refractivity contribution in [2.45, 2.75) is 12.5 Å². The van der Waals surface area contributed by atoms with E-state index in [9.17, 15) is 8.78 Å². The van der Waals surface area contributed by atoms with E-state index in [0.29, 0.717) is 19.6 Å². The molecule has 0 bridgehead atoms. The molecule has 0 aromatic rings. The molecule has 1 unspecified atom stereocenters. The summed E-state index contributed by atoms with van der Waals surface area (Å²) in [5.41, 5.74) is 0. The highest BCUT2D eigenvalue weighted by molar-refractivity contribution is 4.95. The van der Waals surface area contributed by atoms with Crippen LogP contribution in [0.1, 0.15) is 0 Å². The highest BCUT2D eigenvalue weighted by atomic mass is 19.3. The number of piperazine rings is 1. The third-order valence-corrected chi connectivity index (χ3v) is 2.28. The summed E-state index contributed by atoms with van der Waals surface area (Å²) < 4.78 is 24.0. The normalized spacial score (nSPS) is 26.2. The van der Waals surface area contributed by atoms with Crippen molar-refractivity contribution < 1.29 is 8.78 Å². The molecule has 1 atom stereocenters. The maximum absolute atomic E-state index is 12.0. The zero-order chi connectivity index (χ0) is 9.84. The number of nitrogens with zero attached hydrogens (tertiary/aromatic N) is 3. The summed E-state index contributed by atoms with van der Waals surface area (Å²) in [4.78, 5) is 3.53. The van der Waals surface area contributed by atoms with Gasteiger partial charge in [0, 0.05) is 19.6 Å². The lowest BCUT2D eigenvalue weighted by molar-refractivity contribution is 0.0505. The first kappa shape index (κ1) is 10.4. The fraction of sp³-hybridized carbons (Fsp3) is 0.875. The monoisotopic (exact) mass is 189 g/mol. The smallest absolute Gasteiger partial charge is 0.251 e. The first-order chi connectivity index (χ1) is 6.13. The van der Waals surface area contributed by atoms with Crippen molar-refractivity contribution in [3.8, 4) is 6.07 Å². The van der Waals surface area contributed by atoms with Crippen molar-refractivity contribution in [2.24, 2.45) is 0 Å². The maximum atomic E-state index is 12.0. The van der Waals surface area contributed by atoms with Crippen LogP contribution in [-0.2, 0) is 0 Å². The summed E-state index contributed by atoms with van der Waals surface area (Å²) >= 11 is 0. The maximum Gasteiger partial charge on any atom is 0.251 e. The van der Waals surface area contributed by atoms with E-state index < -0.39 is 6.43 Å². The molecule has 0 amide bonds. The minimum absolute atomic E-state index is 0.216. The van der Waals surface area contributed by atoms with Crippen molar-refractivity contribution in [2.75, 3.05) is 33.2 Å². The van der Waals surface area contributed by atoms with E-state index in [1.165, 1.54) is 0 Å². The van der Waals surface area contributed by atoms with Crippen molar-refractivity contribution in [3.63, 3.8) is 0 Å². The molecule has 1 fully saturated rings. The molecule has 0 N–H and O–H groups in total. The molecule has 0 spiro atoms. The van der Waals surface area contributed by atoms with Gasteiger partial charge in [-0.3, -0.25) is 9.80 Å². The van der Waals surface area contributed by atoms with Gasteiger partial charge in [0.1, 0.15) is 6.04 Å². The van der Waals surface area contributed by atoms with Crippen molar-refractivity contribution >= 4 is 0 Å². The summed E-state index contributed by atoms with van der Waals surface area (Å²) in [5, 5.41) is 8.71. The Labute approximate surface area is 76.5 Å². The Morgan fingerprint density at radius 1 is 1.54 bits per heavy atom. The van der Waals surface area contributed by atoms with Gasteiger partial charge in [0.15, 0.2) is 0 Å². The number of likely N-dealkylation sites (N-methyl/N-ethyl adjacent to an activating group) is 1. The second kappa shape index (κ2) is 4.49. The van der Waals surface area contributed by atoms with Gasteiger partial charge in [0.25, 0.3) is 6.43 Å². The van der Waals surface area contributed by atoms with Gasteiger partial charge in [-0.1, -0.05) is 0 Å². The number of hydrogen-bond donors (Lipinski definition) is 0. The van der Waals surface area contributed by atoms with Gasteiger partial charge < -0.3 is 0 Å². The zero-order valence-electron chi connectivity index (χ0n) is 7.58. The minimum Gasteiger partial charge on any atom is -0.294 e. The lowest BCUT2D eigenvalue weighted by Gasteiger charge is -2.35. The highest BCUT2D eigenvalue weighted by Gasteiger charge is 2.25. The van der Waals surface area contributed by atoms with Gasteiger partial charge in [-0.2, -0.15) is 5.26 Å². The average Bonchev–Trinajstić information content (AvgIpc) is 2.07. The van der Waals surface area contributed by atoms with E-state index in [1.54, 1.807) is 4.90 Å². The molecule has 1 heterocycles.